The number of carbonyl (C=O) groups is 1. The minimum Gasteiger partial charge on any atom is -0.494 e. The van der Waals surface area contributed by atoms with Gasteiger partial charge < -0.3 is 14.8 Å². The first-order valence-corrected chi connectivity index (χ1v) is 8.52. The van der Waals surface area contributed by atoms with Crippen molar-refractivity contribution < 1.29 is 14.3 Å². The van der Waals surface area contributed by atoms with Crippen LogP contribution in [0.2, 0.25) is 0 Å². The number of aromatic nitrogens is 4. The average molecular weight is 355 g/mol. The molecule has 0 radical (unpaired) electrons. The Morgan fingerprint density at radius 1 is 1.46 bits per heavy atom. The van der Waals surface area contributed by atoms with E-state index in [4.69, 9.17) is 9.47 Å². The highest BCUT2D eigenvalue weighted by molar-refractivity contribution is 6.06. The summed E-state index contributed by atoms with van der Waals surface area (Å²) in [5.41, 5.74) is 3.10. The van der Waals surface area contributed by atoms with Crippen LogP contribution in [0.4, 0.5) is 0 Å². The molecule has 0 aliphatic carbocycles. The molecule has 2 N–H and O–H groups in total. The number of fused-ring (bicyclic) bond motifs is 1. The standard InChI is InChI=1S/C18H21N5O3/c1-10-12(9-19-23(10)2)17-13(7-8-26-17)20-18(24)16-11-5-4-6-14(25-3)15(11)21-22-16/h4-6,9,13,17H,7-8H2,1-3H3,(H,20,24)(H,21,22)/t13-,17+/m0/s1. The van der Waals surface area contributed by atoms with E-state index in [2.05, 4.69) is 20.6 Å². The molecule has 0 unspecified atom stereocenters. The van der Waals surface area contributed by atoms with Crippen LogP contribution in [0.25, 0.3) is 10.9 Å². The van der Waals surface area contributed by atoms with Gasteiger partial charge in [0.1, 0.15) is 17.4 Å². The Hall–Kier alpha value is -2.87. The van der Waals surface area contributed by atoms with Gasteiger partial charge in [0, 0.05) is 30.3 Å². The van der Waals surface area contributed by atoms with Gasteiger partial charge in [-0.2, -0.15) is 10.2 Å². The molecule has 0 saturated carbocycles. The lowest BCUT2D eigenvalue weighted by Crippen LogP contribution is -2.37. The zero-order chi connectivity index (χ0) is 18.3. The fourth-order valence-corrected chi connectivity index (χ4v) is 3.43. The van der Waals surface area contributed by atoms with Crippen molar-refractivity contribution in [1.82, 2.24) is 25.3 Å². The van der Waals surface area contributed by atoms with Crippen LogP contribution in [0, 0.1) is 6.92 Å². The van der Waals surface area contributed by atoms with Crippen molar-refractivity contribution in [2.45, 2.75) is 25.5 Å². The van der Waals surface area contributed by atoms with E-state index in [0.717, 1.165) is 23.1 Å². The molecule has 8 nitrogen and oxygen atoms in total. The summed E-state index contributed by atoms with van der Waals surface area (Å²) in [7, 11) is 3.48. The minimum absolute atomic E-state index is 0.122. The Balaban J connectivity index is 1.59. The maximum absolute atomic E-state index is 12.8. The quantitative estimate of drug-likeness (QED) is 0.745. The number of carbonyl (C=O) groups excluding carboxylic acids is 1. The van der Waals surface area contributed by atoms with Crippen LogP contribution in [-0.2, 0) is 11.8 Å². The number of amides is 1. The first-order chi connectivity index (χ1) is 12.6. The van der Waals surface area contributed by atoms with E-state index in [-0.39, 0.29) is 18.1 Å². The van der Waals surface area contributed by atoms with Gasteiger partial charge in [-0.25, -0.2) is 0 Å². The van der Waals surface area contributed by atoms with Gasteiger partial charge in [0.05, 0.1) is 19.3 Å². The van der Waals surface area contributed by atoms with E-state index in [0.29, 0.717) is 23.6 Å². The van der Waals surface area contributed by atoms with E-state index in [1.807, 2.05) is 36.9 Å². The molecule has 1 saturated heterocycles. The number of para-hydroxylation sites is 1. The highest BCUT2D eigenvalue weighted by Gasteiger charge is 2.34. The van der Waals surface area contributed by atoms with E-state index in [1.54, 1.807) is 13.3 Å². The summed E-state index contributed by atoms with van der Waals surface area (Å²) in [4.78, 5) is 12.8. The second-order valence-electron chi connectivity index (χ2n) is 6.42. The summed E-state index contributed by atoms with van der Waals surface area (Å²) in [6, 6.07) is 5.40. The molecule has 8 heteroatoms. The number of aromatic amines is 1. The van der Waals surface area contributed by atoms with Crippen molar-refractivity contribution in [2.75, 3.05) is 13.7 Å². The van der Waals surface area contributed by atoms with Crippen LogP contribution in [0.15, 0.2) is 24.4 Å². The van der Waals surface area contributed by atoms with Gasteiger partial charge in [-0.3, -0.25) is 14.6 Å². The number of ether oxygens (including phenoxy) is 2. The Morgan fingerprint density at radius 2 is 2.31 bits per heavy atom. The van der Waals surface area contributed by atoms with Crippen molar-refractivity contribution in [3.05, 3.63) is 41.3 Å². The number of hydrogen-bond donors (Lipinski definition) is 2. The van der Waals surface area contributed by atoms with Crippen LogP contribution in [0.1, 0.15) is 34.3 Å². The predicted molar refractivity (Wildman–Crippen MR) is 95.2 cm³/mol. The van der Waals surface area contributed by atoms with Gasteiger partial charge >= 0.3 is 0 Å². The molecule has 2 aromatic heterocycles. The summed E-state index contributed by atoms with van der Waals surface area (Å²) in [5.74, 6) is 0.425. The van der Waals surface area contributed by atoms with E-state index >= 15 is 0 Å². The molecule has 136 valence electrons. The third-order valence-electron chi connectivity index (χ3n) is 4.98. The topological polar surface area (TPSA) is 94.1 Å². The summed E-state index contributed by atoms with van der Waals surface area (Å²) in [6.45, 7) is 2.59. The van der Waals surface area contributed by atoms with E-state index < -0.39 is 0 Å². The fourth-order valence-electron chi connectivity index (χ4n) is 3.43. The SMILES string of the molecule is COc1cccc2c(C(=O)N[C@H]3CCO[C@@H]3c3cnn(C)c3C)n[nH]c12. The largest absolute Gasteiger partial charge is 0.494 e. The van der Waals surface area contributed by atoms with E-state index in [9.17, 15) is 4.79 Å². The summed E-state index contributed by atoms with van der Waals surface area (Å²) < 4.78 is 13.0. The molecule has 1 aliphatic heterocycles. The first-order valence-electron chi connectivity index (χ1n) is 8.52. The van der Waals surface area contributed by atoms with Crippen LogP contribution in [0.3, 0.4) is 0 Å². The molecule has 3 heterocycles. The minimum atomic E-state index is -0.230. The van der Waals surface area contributed by atoms with Gasteiger partial charge in [-0.1, -0.05) is 12.1 Å². The molecule has 1 fully saturated rings. The third kappa shape index (κ3) is 2.62. The van der Waals surface area contributed by atoms with Crippen molar-refractivity contribution in [2.24, 2.45) is 7.05 Å². The van der Waals surface area contributed by atoms with Gasteiger partial charge in [0.25, 0.3) is 5.91 Å². The van der Waals surface area contributed by atoms with Crippen molar-refractivity contribution in [3.8, 4) is 5.75 Å². The highest BCUT2D eigenvalue weighted by Crippen LogP contribution is 2.31. The van der Waals surface area contributed by atoms with Gasteiger partial charge in [-0.15, -0.1) is 0 Å². The van der Waals surface area contributed by atoms with Crippen LogP contribution in [-0.4, -0.2) is 45.6 Å². The number of benzene rings is 1. The predicted octanol–water partition coefficient (Wildman–Crippen LogP) is 1.87. The number of aryl methyl sites for hydroxylation is 1. The number of nitrogens with one attached hydrogen (secondary N) is 2. The van der Waals surface area contributed by atoms with Gasteiger partial charge in [-0.05, 0) is 19.4 Å². The molecule has 0 bridgehead atoms. The lowest BCUT2D eigenvalue weighted by molar-refractivity contribution is 0.0817. The lowest BCUT2D eigenvalue weighted by atomic mass is 10.0. The molecule has 1 aromatic carbocycles. The molecule has 2 atom stereocenters. The maximum atomic E-state index is 12.8. The molecular formula is C18H21N5O3. The fraction of sp³-hybridized carbons (Fsp3) is 0.389. The van der Waals surface area contributed by atoms with Crippen LogP contribution < -0.4 is 10.1 Å². The Bertz CT molecular complexity index is 961. The van der Waals surface area contributed by atoms with Crippen LogP contribution >= 0.6 is 0 Å². The van der Waals surface area contributed by atoms with Crippen molar-refractivity contribution >= 4 is 16.8 Å². The Labute approximate surface area is 150 Å². The zero-order valence-corrected chi connectivity index (χ0v) is 14.9. The second kappa shape index (κ2) is 6.45. The van der Waals surface area contributed by atoms with Crippen molar-refractivity contribution in [3.63, 3.8) is 0 Å². The summed E-state index contributed by atoms with van der Waals surface area (Å²) in [5, 5.41) is 15.2. The number of methoxy groups -OCH3 is 1. The monoisotopic (exact) mass is 355 g/mol. The molecular weight excluding hydrogens is 334 g/mol. The molecule has 26 heavy (non-hydrogen) atoms. The number of H-pyrrole nitrogens is 1. The average Bonchev–Trinajstić information content (AvgIpc) is 3.34. The van der Waals surface area contributed by atoms with Crippen molar-refractivity contribution in [1.29, 1.82) is 0 Å². The zero-order valence-electron chi connectivity index (χ0n) is 14.9. The van der Waals surface area contributed by atoms with E-state index in [1.165, 1.54) is 0 Å². The normalized spacial score (nSPS) is 19.8. The summed E-state index contributed by atoms with van der Waals surface area (Å²) in [6.07, 6.45) is 2.35. The Kier molecular flexibility index (Phi) is 4.12. The first kappa shape index (κ1) is 16.6. The second-order valence-corrected chi connectivity index (χ2v) is 6.42. The maximum Gasteiger partial charge on any atom is 0.272 e. The molecule has 0 spiro atoms. The van der Waals surface area contributed by atoms with Gasteiger partial charge in [0.15, 0.2) is 5.69 Å². The molecule has 1 aliphatic rings. The smallest absolute Gasteiger partial charge is 0.272 e. The third-order valence-corrected chi connectivity index (χ3v) is 4.98. The number of nitrogens with zero attached hydrogens (tertiary/aromatic N) is 3. The molecule has 4 rings (SSSR count). The summed E-state index contributed by atoms with van der Waals surface area (Å²) >= 11 is 0. The molecule has 1 amide bonds. The molecule has 3 aromatic rings. The lowest BCUT2D eigenvalue weighted by Gasteiger charge is -2.19. The number of rotatable bonds is 4. The van der Waals surface area contributed by atoms with Crippen LogP contribution in [0.5, 0.6) is 5.75 Å². The number of hydrogen-bond acceptors (Lipinski definition) is 5. The van der Waals surface area contributed by atoms with Gasteiger partial charge in [0.2, 0.25) is 0 Å². The highest BCUT2D eigenvalue weighted by atomic mass is 16.5. The Morgan fingerprint density at radius 3 is 3.04 bits per heavy atom.